The van der Waals surface area contributed by atoms with Gasteiger partial charge in [-0.15, -0.1) is 17.5 Å². The third kappa shape index (κ3) is 5.64. The summed E-state index contributed by atoms with van der Waals surface area (Å²) in [5.41, 5.74) is 3.95. The second-order valence-corrected chi connectivity index (χ2v) is 9.46. The van der Waals surface area contributed by atoms with Gasteiger partial charge in [0, 0.05) is 12.0 Å². The van der Waals surface area contributed by atoms with E-state index in [9.17, 15) is 0 Å². The van der Waals surface area contributed by atoms with E-state index in [0.29, 0.717) is 16.9 Å². The van der Waals surface area contributed by atoms with Crippen LogP contribution in [0.3, 0.4) is 0 Å². The molecular weight excluding hydrogens is 455 g/mol. The topological polar surface area (TPSA) is 62.8 Å². The smallest absolute Gasteiger partial charge is 0.243 e. The quantitative estimate of drug-likeness (QED) is 0.322. The molecule has 0 amide bonds. The number of nitrogens with zero attached hydrogens (tertiary/aromatic N) is 2. The molecule has 0 saturated heterocycles. The third-order valence-corrected chi connectivity index (χ3v) is 6.72. The number of aromatic amines is 1. The zero-order valence-corrected chi connectivity index (χ0v) is 21.4. The summed E-state index contributed by atoms with van der Waals surface area (Å²) < 4.78 is 5.53. The van der Waals surface area contributed by atoms with Crippen molar-refractivity contribution in [3.63, 3.8) is 0 Å². The van der Waals surface area contributed by atoms with Crippen molar-refractivity contribution < 1.29 is 4.74 Å². The van der Waals surface area contributed by atoms with Gasteiger partial charge in [-0.1, -0.05) is 67.6 Å². The van der Waals surface area contributed by atoms with E-state index in [1.807, 2.05) is 6.07 Å². The van der Waals surface area contributed by atoms with Gasteiger partial charge in [-0.3, -0.25) is 5.10 Å². The van der Waals surface area contributed by atoms with Gasteiger partial charge in [0.05, 0.1) is 17.7 Å². The summed E-state index contributed by atoms with van der Waals surface area (Å²) in [6.45, 7) is 6.35. The first-order chi connectivity index (χ1) is 15.4. The van der Waals surface area contributed by atoms with Crippen LogP contribution in [-0.2, 0) is 12.0 Å². The van der Waals surface area contributed by atoms with Crippen molar-refractivity contribution in [1.82, 2.24) is 15.2 Å². The number of ether oxygens (including phenoxy) is 1. The first kappa shape index (κ1) is 25.4. The van der Waals surface area contributed by atoms with Crippen LogP contribution in [-0.4, -0.2) is 22.3 Å². The maximum atomic E-state index is 6.92. The Morgan fingerprint density at radius 2 is 1.91 bits per heavy atom. The molecule has 33 heavy (non-hydrogen) atoms. The normalized spacial score (nSPS) is 14.9. The lowest BCUT2D eigenvalue weighted by molar-refractivity contribution is 0.410. The average Bonchev–Trinajstić information content (AvgIpc) is 3.49. The molecule has 1 aromatic heterocycles. The van der Waals surface area contributed by atoms with Crippen LogP contribution in [0.1, 0.15) is 67.1 Å². The Hall–Kier alpha value is -2.24. The lowest BCUT2D eigenvalue weighted by atomic mass is 9.77. The number of hydrogen-bond acceptors (Lipinski definition) is 4. The molecule has 178 valence electrons. The van der Waals surface area contributed by atoms with Gasteiger partial charge in [-0.05, 0) is 55.9 Å². The number of aromatic nitrogens is 3. The van der Waals surface area contributed by atoms with E-state index in [1.165, 1.54) is 24.0 Å². The first-order valence-electron chi connectivity index (χ1n) is 11.6. The Morgan fingerprint density at radius 3 is 2.55 bits per heavy atom. The lowest BCUT2D eigenvalue weighted by Crippen LogP contribution is -2.38. The Bertz CT molecular complexity index is 1060. The molecule has 1 aliphatic carbocycles. The standard InChI is InChI=1S/C26H33ClN4O.ClH/c1-5-6-7-24-28-25(31-30-24)29-26(16-19-10-11-19,20-12-8-17(2)9-13-20)21-14-18(3)23(32-4)15-22(21)27;/h8-9,12-15,19H,5-7,10-11,16H2,1-4H3,(H2,28,29,30,31);1H. The van der Waals surface area contributed by atoms with Gasteiger partial charge in [0.2, 0.25) is 5.95 Å². The molecule has 2 aromatic carbocycles. The van der Waals surface area contributed by atoms with Crippen molar-refractivity contribution >= 4 is 30.0 Å². The summed E-state index contributed by atoms with van der Waals surface area (Å²) >= 11 is 6.92. The van der Waals surface area contributed by atoms with Crippen LogP contribution in [0.15, 0.2) is 36.4 Å². The zero-order chi connectivity index (χ0) is 22.7. The van der Waals surface area contributed by atoms with Crippen molar-refractivity contribution in [2.24, 2.45) is 5.92 Å². The minimum Gasteiger partial charge on any atom is -0.496 e. The van der Waals surface area contributed by atoms with E-state index in [2.05, 4.69) is 66.6 Å². The molecule has 1 fully saturated rings. The maximum absolute atomic E-state index is 6.92. The van der Waals surface area contributed by atoms with Crippen LogP contribution in [0.5, 0.6) is 5.75 Å². The number of rotatable bonds is 10. The van der Waals surface area contributed by atoms with Gasteiger partial charge >= 0.3 is 0 Å². The number of unbranched alkanes of at least 4 members (excludes halogenated alkanes) is 1. The highest BCUT2D eigenvalue weighted by Crippen LogP contribution is 2.48. The summed E-state index contributed by atoms with van der Waals surface area (Å²) in [4.78, 5) is 4.77. The molecule has 0 bridgehead atoms. The Morgan fingerprint density at radius 1 is 1.18 bits per heavy atom. The number of halogens is 2. The highest BCUT2D eigenvalue weighted by Gasteiger charge is 2.42. The molecule has 4 rings (SSSR count). The van der Waals surface area contributed by atoms with Gasteiger partial charge in [0.1, 0.15) is 11.6 Å². The summed E-state index contributed by atoms with van der Waals surface area (Å²) in [6, 6.07) is 12.8. The van der Waals surface area contributed by atoms with Gasteiger partial charge in [0.15, 0.2) is 0 Å². The third-order valence-electron chi connectivity index (χ3n) is 6.40. The summed E-state index contributed by atoms with van der Waals surface area (Å²) in [5, 5.41) is 12.1. The van der Waals surface area contributed by atoms with Crippen molar-refractivity contribution in [2.75, 3.05) is 12.4 Å². The molecule has 0 radical (unpaired) electrons. The van der Waals surface area contributed by atoms with Crippen LogP contribution < -0.4 is 10.1 Å². The second-order valence-electron chi connectivity index (χ2n) is 9.05. The number of benzene rings is 2. The van der Waals surface area contributed by atoms with E-state index in [-0.39, 0.29) is 12.4 Å². The summed E-state index contributed by atoms with van der Waals surface area (Å²) in [5.74, 6) is 2.96. The van der Waals surface area contributed by atoms with Crippen molar-refractivity contribution in [2.45, 2.75) is 64.8 Å². The Labute approximate surface area is 208 Å². The minimum atomic E-state index is -0.535. The molecule has 1 aliphatic rings. The summed E-state index contributed by atoms with van der Waals surface area (Å²) in [7, 11) is 1.68. The number of H-pyrrole nitrogens is 1. The van der Waals surface area contributed by atoms with E-state index in [0.717, 1.165) is 48.4 Å². The minimum absolute atomic E-state index is 0. The maximum Gasteiger partial charge on any atom is 0.243 e. The SMILES string of the molecule is CCCCc1nc(NC(CC2CC2)(c2ccc(C)cc2)c2cc(C)c(OC)cc2Cl)n[nH]1.Cl. The Kier molecular flexibility index (Phi) is 8.30. The van der Waals surface area contributed by atoms with Gasteiger partial charge < -0.3 is 10.1 Å². The Balaban J connectivity index is 0.00000306. The molecule has 1 heterocycles. The summed E-state index contributed by atoms with van der Waals surface area (Å²) in [6.07, 6.45) is 6.51. The molecule has 1 saturated carbocycles. The average molecular weight is 489 g/mol. The van der Waals surface area contributed by atoms with E-state index in [4.69, 9.17) is 21.3 Å². The van der Waals surface area contributed by atoms with Gasteiger partial charge in [0.25, 0.3) is 0 Å². The van der Waals surface area contributed by atoms with Crippen molar-refractivity contribution in [1.29, 1.82) is 0 Å². The van der Waals surface area contributed by atoms with E-state index < -0.39 is 5.54 Å². The number of nitrogens with one attached hydrogen (secondary N) is 2. The second kappa shape index (κ2) is 10.8. The monoisotopic (exact) mass is 488 g/mol. The molecule has 7 heteroatoms. The highest BCUT2D eigenvalue weighted by atomic mass is 35.5. The first-order valence-corrected chi connectivity index (χ1v) is 11.9. The predicted molar refractivity (Wildman–Crippen MR) is 138 cm³/mol. The highest BCUT2D eigenvalue weighted by molar-refractivity contribution is 6.31. The van der Waals surface area contributed by atoms with Crippen molar-refractivity contribution in [3.8, 4) is 5.75 Å². The lowest BCUT2D eigenvalue weighted by Gasteiger charge is -2.37. The molecule has 0 aliphatic heterocycles. The molecule has 5 nitrogen and oxygen atoms in total. The number of aryl methyl sites for hydroxylation is 3. The number of anilines is 1. The van der Waals surface area contributed by atoms with Crippen LogP contribution >= 0.6 is 24.0 Å². The van der Waals surface area contributed by atoms with Gasteiger partial charge in [-0.25, -0.2) is 0 Å². The van der Waals surface area contributed by atoms with Crippen LogP contribution in [0.25, 0.3) is 0 Å². The number of methoxy groups -OCH3 is 1. The van der Waals surface area contributed by atoms with Crippen molar-refractivity contribution in [3.05, 3.63) is 69.5 Å². The number of hydrogen-bond donors (Lipinski definition) is 2. The fourth-order valence-corrected chi connectivity index (χ4v) is 4.69. The van der Waals surface area contributed by atoms with E-state index >= 15 is 0 Å². The molecule has 1 atom stereocenters. The molecule has 1 unspecified atom stereocenters. The fraction of sp³-hybridized carbons (Fsp3) is 0.462. The van der Waals surface area contributed by atoms with Crippen LogP contribution in [0.4, 0.5) is 5.95 Å². The molecule has 3 aromatic rings. The molecule has 2 N–H and O–H groups in total. The van der Waals surface area contributed by atoms with Crippen LogP contribution in [0, 0.1) is 19.8 Å². The fourth-order valence-electron chi connectivity index (χ4n) is 4.38. The molecular formula is C26H34Cl2N4O. The predicted octanol–water partition coefficient (Wildman–Crippen LogP) is 7.00. The molecule has 0 spiro atoms. The van der Waals surface area contributed by atoms with E-state index in [1.54, 1.807) is 7.11 Å². The largest absolute Gasteiger partial charge is 0.496 e. The zero-order valence-electron chi connectivity index (χ0n) is 19.9. The van der Waals surface area contributed by atoms with Crippen LogP contribution in [0.2, 0.25) is 5.02 Å². The van der Waals surface area contributed by atoms with Gasteiger partial charge in [-0.2, -0.15) is 4.98 Å².